The van der Waals surface area contributed by atoms with Gasteiger partial charge in [0, 0.05) is 17.9 Å². The molecule has 1 aliphatic carbocycles. The van der Waals surface area contributed by atoms with Crippen LogP contribution in [0.3, 0.4) is 0 Å². The molecule has 0 saturated carbocycles. The molecular weight excluding hydrogens is 456 g/mol. The van der Waals surface area contributed by atoms with E-state index in [0.717, 1.165) is 30.5 Å². The molecular formula is C28H32N4O4. The lowest BCUT2D eigenvalue weighted by Gasteiger charge is -2.20. The van der Waals surface area contributed by atoms with Crippen LogP contribution in [-0.4, -0.2) is 36.9 Å². The van der Waals surface area contributed by atoms with Gasteiger partial charge in [-0.05, 0) is 78.8 Å². The Morgan fingerprint density at radius 3 is 2.50 bits per heavy atom. The Morgan fingerprint density at radius 2 is 1.72 bits per heavy atom. The number of carbonyl (C=O) groups excluding carboxylic acids is 2. The molecule has 1 unspecified atom stereocenters. The lowest BCUT2D eigenvalue weighted by Crippen LogP contribution is -2.33. The van der Waals surface area contributed by atoms with Gasteiger partial charge >= 0.3 is 6.03 Å². The van der Waals surface area contributed by atoms with Crippen LogP contribution in [0, 0.1) is 0 Å². The smallest absolute Gasteiger partial charge is 0.319 e. The minimum absolute atomic E-state index is 0.0629. The van der Waals surface area contributed by atoms with E-state index in [1.807, 2.05) is 24.3 Å². The fourth-order valence-electron chi connectivity index (χ4n) is 4.34. The van der Waals surface area contributed by atoms with Crippen LogP contribution in [0.5, 0.6) is 0 Å². The van der Waals surface area contributed by atoms with Gasteiger partial charge in [-0.25, -0.2) is 4.79 Å². The number of rotatable bonds is 10. The van der Waals surface area contributed by atoms with E-state index >= 15 is 0 Å². The first kappa shape index (κ1) is 25.2. The van der Waals surface area contributed by atoms with Crippen molar-refractivity contribution in [3.8, 4) is 0 Å². The van der Waals surface area contributed by atoms with E-state index in [2.05, 4.69) is 22.0 Å². The molecule has 8 heteroatoms. The predicted molar refractivity (Wildman–Crippen MR) is 141 cm³/mol. The predicted octanol–water partition coefficient (Wildman–Crippen LogP) is 4.27. The van der Waals surface area contributed by atoms with Crippen LogP contribution in [0.1, 0.15) is 45.9 Å². The molecule has 0 aliphatic heterocycles. The number of aliphatic hydroxyl groups excluding tert-OH is 1. The van der Waals surface area contributed by atoms with E-state index in [4.69, 9.17) is 15.6 Å². The van der Waals surface area contributed by atoms with Crippen molar-refractivity contribution in [3.05, 3.63) is 89.0 Å². The molecule has 36 heavy (non-hydrogen) atoms. The van der Waals surface area contributed by atoms with Crippen LogP contribution in [-0.2, 0) is 17.6 Å². The summed E-state index contributed by atoms with van der Waals surface area (Å²) >= 11 is 0. The summed E-state index contributed by atoms with van der Waals surface area (Å²) in [6.07, 6.45) is 3.77. The monoisotopic (exact) mass is 488 g/mol. The first-order valence-electron chi connectivity index (χ1n) is 12.2. The molecule has 4 rings (SSSR count). The van der Waals surface area contributed by atoms with Crippen LogP contribution in [0.15, 0.2) is 66.7 Å². The third-order valence-corrected chi connectivity index (χ3v) is 6.23. The Morgan fingerprint density at radius 1 is 0.944 bits per heavy atom. The third-order valence-electron chi connectivity index (χ3n) is 6.23. The summed E-state index contributed by atoms with van der Waals surface area (Å²) in [6.45, 7) is 0.530. The maximum Gasteiger partial charge on any atom is 0.319 e. The van der Waals surface area contributed by atoms with Gasteiger partial charge < -0.3 is 31.5 Å². The standard InChI is InChI=1S/C28H32N4O4/c29-24-6-1-2-7-26(24)31-27(34)21-10-8-20(9-11-21)25(14-16-36-17-15-33)32-28(35)30-23-13-12-19-4-3-5-22(19)18-23/h1-2,6-13,18,25,33H,3-5,14-17,29H2,(H,31,34)(H2,30,32,35). The molecule has 1 atom stereocenters. The van der Waals surface area contributed by atoms with Gasteiger partial charge in [0.05, 0.1) is 30.6 Å². The summed E-state index contributed by atoms with van der Waals surface area (Å²) in [5, 5.41) is 17.7. The highest BCUT2D eigenvalue weighted by atomic mass is 16.5. The molecule has 0 spiro atoms. The number of urea groups is 1. The topological polar surface area (TPSA) is 126 Å². The molecule has 1 aliphatic rings. The van der Waals surface area contributed by atoms with Crippen molar-refractivity contribution in [2.45, 2.75) is 31.7 Å². The van der Waals surface area contributed by atoms with Crippen LogP contribution in [0.4, 0.5) is 21.9 Å². The normalized spacial score (nSPS) is 13.0. The molecule has 0 bridgehead atoms. The lowest BCUT2D eigenvalue weighted by molar-refractivity contribution is 0.0863. The highest BCUT2D eigenvalue weighted by molar-refractivity contribution is 6.05. The fourth-order valence-corrected chi connectivity index (χ4v) is 4.34. The Balaban J connectivity index is 1.42. The summed E-state index contributed by atoms with van der Waals surface area (Å²) in [6, 6.07) is 19.5. The third kappa shape index (κ3) is 6.62. The summed E-state index contributed by atoms with van der Waals surface area (Å²) in [4.78, 5) is 25.5. The molecule has 0 fully saturated rings. The Hall–Kier alpha value is -3.88. The molecule has 0 aromatic heterocycles. The van der Waals surface area contributed by atoms with Crippen molar-refractivity contribution >= 4 is 29.0 Å². The van der Waals surface area contributed by atoms with E-state index in [-0.39, 0.29) is 31.2 Å². The molecule has 188 valence electrons. The quantitative estimate of drug-likeness (QED) is 0.215. The van der Waals surface area contributed by atoms with Crippen molar-refractivity contribution < 1.29 is 19.4 Å². The molecule has 3 aromatic rings. The SMILES string of the molecule is Nc1ccccc1NC(=O)c1ccc(C(CCOCCO)NC(=O)Nc2ccc3c(c2)CCC3)cc1. The van der Waals surface area contributed by atoms with E-state index in [1.54, 1.807) is 36.4 Å². The number of fused-ring (bicyclic) bond motifs is 1. The van der Waals surface area contributed by atoms with Gasteiger partial charge in [0.25, 0.3) is 5.91 Å². The van der Waals surface area contributed by atoms with Crippen LogP contribution in [0.25, 0.3) is 0 Å². The van der Waals surface area contributed by atoms with Gasteiger partial charge in [0.2, 0.25) is 0 Å². The Labute approximate surface area is 210 Å². The van der Waals surface area contributed by atoms with E-state index in [1.165, 1.54) is 11.1 Å². The second-order valence-electron chi connectivity index (χ2n) is 8.78. The first-order chi connectivity index (χ1) is 17.5. The highest BCUT2D eigenvalue weighted by Crippen LogP contribution is 2.25. The number of aliphatic hydroxyl groups is 1. The summed E-state index contributed by atoms with van der Waals surface area (Å²) in [7, 11) is 0. The number of nitrogens with two attached hydrogens (primary N) is 1. The number of aryl methyl sites for hydroxylation is 2. The number of hydrogen-bond acceptors (Lipinski definition) is 5. The maximum atomic E-state index is 12.8. The summed E-state index contributed by atoms with van der Waals surface area (Å²) < 4.78 is 5.43. The van der Waals surface area contributed by atoms with Crippen LogP contribution < -0.4 is 21.7 Å². The number of nitrogens with one attached hydrogen (secondary N) is 3. The number of para-hydroxylation sites is 2. The van der Waals surface area contributed by atoms with E-state index in [9.17, 15) is 9.59 Å². The largest absolute Gasteiger partial charge is 0.397 e. The number of benzene rings is 3. The molecule has 3 amide bonds. The molecule has 8 nitrogen and oxygen atoms in total. The number of hydrogen-bond donors (Lipinski definition) is 5. The van der Waals surface area contributed by atoms with Gasteiger partial charge in [-0.15, -0.1) is 0 Å². The number of amides is 3. The van der Waals surface area contributed by atoms with Crippen molar-refractivity contribution in [1.29, 1.82) is 0 Å². The van der Waals surface area contributed by atoms with Crippen molar-refractivity contribution in [3.63, 3.8) is 0 Å². The number of carbonyl (C=O) groups is 2. The number of ether oxygens (including phenoxy) is 1. The highest BCUT2D eigenvalue weighted by Gasteiger charge is 2.17. The van der Waals surface area contributed by atoms with Gasteiger partial charge in [0.1, 0.15) is 0 Å². The zero-order valence-corrected chi connectivity index (χ0v) is 20.1. The van der Waals surface area contributed by atoms with Gasteiger partial charge in [-0.3, -0.25) is 4.79 Å². The van der Waals surface area contributed by atoms with Crippen molar-refractivity contribution in [1.82, 2.24) is 5.32 Å². The van der Waals surface area contributed by atoms with Gasteiger partial charge in [-0.1, -0.05) is 30.3 Å². The number of anilines is 3. The lowest BCUT2D eigenvalue weighted by atomic mass is 10.0. The Bertz CT molecular complexity index is 1200. The molecule has 0 heterocycles. The van der Waals surface area contributed by atoms with Gasteiger partial charge in [-0.2, -0.15) is 0 Å². The van der Waals surface area contributed by atoms with Crippen molar-refractivity contribution in [2.75, 3.05) is 36.2 Å². The van der Waals surface area contributed by atoms with E-state index < -0.39 is 0 Å². The zero-order valence-electron chi connectivity index (χ0n) is 20.1. The molecule has 3 aromatic carbocycles. The average Bonchev–Trinajstić information content (AvgIpc) is 3.35. The minimum atomic E-state index is -0.347. The summed E-state index contributed by atoms with van der Waals surface area (Å²) in [5.74, 6) is -0.274. The van der Waals surface area contributed by atoms with E-state index in [0.29, 0.717) is 30.0 Å². The molecule has 6 N–H and O–H groups in total. The number of nitrogen functional groups attached to an aromatic ring is 1. The molecule has 0 saturated heterocycles. The molecule has 0 radical (unpaired) electrons. The second-order valence-corrected chi connectivity index (χ2v) is 8.78. The second kappa shape index (κ2) is 12.2. The minimum Gasteiger partial charge on any atom is -0.397 e. The van der Waals surface area contributed by atoms with Crippen LogP contribution >= 0.6 is 0 Å². The van der Waals surface area contributed by atoms with Crippen molar-refractivity contribution in [2.24, 2.45) is 0 Å². The zero-order chi connectivity index (χ0) is 25.3. The summed E-state index contributed by atoms with van der Waals surface area (Å²) in [5.41, 5.74) is 11.7. The maximum absolute atomic E-state index is 12.8. The van der Waals surface area contributed by atoms with Crippen LogP contribution in [0.2, 0.25) is 0 Å². The average molecular weight is 489 g/mol. The Kier molecular flexibility index (Phi) is 8.54. The first-order valence-corrected chi connectivity index (χ1v) is 12.2. The fraction of sp³-hybridized carbons (Fsp3) is 0.286. The van der Waals surface area contributed by atoms with Gasteiger partial charge in [0.15, 0.2) is 0 Å².